The van der Waals surface area contributed by atoms with Gasteiger partial charge in [0.2, 0.25) is 0 Å². The highest BCUT2D eigenvalue weighted by Gasteiger charge is 2.40. The molecule has 3 fully saturated rings. The number of piperidine rings is 3. The third-order valence-corrected chi connectivity index (χ3v) is 7.87. The van der Waals surface area contributed by atoms with E-state index in [1.807, 2.05) is 0 Å². The van der Waals surface area contributed by atoms with Gasteiger partial charge in [0.05, 0.1) is 11.9 Å². The Bertz CT molecular complexity index is 1260. The molecule has 10 heteroatoms. The van der Waals surface area contributed by atoms with E-state index in [-0.39, 0.29) is 22.5 Å². The summed E-state index contributed by atoms with van der Waals surface area (Å²) in [6, 6.07) is 11.5. The Balaban J connectivity index is 1.51. The van der Waals surface area contributed by atoms with Gasteiger partial charge in [-0.2, -0.15) is 8.42 Å². The number of hydrogen-bond acceptors (Lipinski definition) is 6. The van der Waals surface area contributed by atoms with Crippen LogP contribution < -0.4 is 10.2 Å². The highest BCUT2D eigenvalue weighted by molar-refractivity contribution is 7.86. The number of amides is 1. The van der Waals surface area contributed by atoms with E-state index in [0.29, 0.717) is 22.3 Å². The average molecular weight is 504 g/mol. The molecule has 3 saturated heterocycles. The fourth-order valence-electron chi connectivity index (χ4n) is 4.99. The molecule has 2 bridgehead atoms. The lowest BCUT2D eigenvalue weighted by atomic mass is 9.84. The topological polar surface area (TPSA) is 99.2 Å². The summed E-state index contributed by atoms with van der Waals surface area (Å²) in [5.74, 6) is 0.422. The summed E-state index contributed by atoms with van der Waals surface area (Å²) in [6.07, 6.45) is 2.51. The van der Waals surface area contributed by atoms with Crippen LogP contribution in [-0.2, 0) is 19.6 Å². The summed E-state index contributed by atoms with van der Waals surface area (Å²) in [5.41, 5.74) is 1.58. The molecule has 4 heterocycles. The number of nitrogens with zero attached hydrogens (tertiary/aromatic N) is 2. The number of hydrogen-bond donors (Lipinski definition) is 2. The van der Waals surface area contributed by atoms with E-state index in [0.717, 1.165) is 38.0 Å². The minimum atomic E-state index is -4.55. The monoisotopic (exact) mass is 503 g/mol. The highest BCUT2D eigenvalue weighted by atomic mass is 35.5. The molecule has 0 saturated carbocycles. The van der Waals surface area contributed by atoms with Crippen molar-refractivity contribution in [1.29, 1.82) is 0 Å². The van der Waals surface area contributed by atoms with E-state index in [9.17, 15) is 17.8 Å². The zero-order chi connectivity index (χ0) is 24.0. The van der Waals surface area contributed by atoms with Gasteiger partial charge < -0.3 is 15.0 Å². The standard InChI is InChI=1S/C24H26ClN3O5S/c1-15-5-6-22(34(30,31)32)20(11-15)28-14-21(17-3-2-4-18(25)12-17)33-24(28)23(29)26-19-13-27-9-7-16(19)8-10-27/h2-6,11-12,14,16,19,24H,7-10,13H2,1H3,(H,26,29)(H,30,31,32)/t19-,24?/m0/s1. The van der Waals surface area contributed by atoms with Gasteiger partial charge >= 0.3 is 0 Å². The van der Waals surface area contributed by atoms with Gasteiger partial charge in [0.1, 0.15) is 10.7 Å². The van der Waals surface area contributed by atoms with Crippen molar-refractivity contribution in [3.63, 3.8) is 0 Å². The van der Waals surface area contributed by atoms with Crippen molar-refractivity contribution in [3.05, 3.63) is 64.8 Å². The number of fused-ring (bicyclic) bond motifs is 3. The number of halogens is 1. The molecule has 2 atom stereocenters. The fraction of sp³-hybridized carbons (Fsp3) is 0.375. The summed E-state index contributed by atoms with van der Waals surface area (Å²) < 4.78 is 40.2. The summed E-state index contributed by atoms with van der Waals surface area (Å²) in [7, 11) is -4.55. The first-order chi connectivity index (χ1) is 16.2. The molecular formula is C24H26ClN3O5S. The molecule has 180 valence electrons. The van der Waals surface area contributed by atoms with Gasteiger partial charge in [-0.05, 0) is 68.6 Å². The summed E-state index contributed by atoms with van der Waals surface area (Å²) in [4.78, 5) is 17.0. The minimum absolute atomic E-state index is 0.00854. The predicted octanol–water partition coefficient (Wildman–Crippen LogP) is 3.27. The van der Waals surface area contributed by atoms with Crippen molar-refractivity contribution in [2.75, 3.05) is 24.5 Å². The van der Waals surface area contributed by atoms with E-state index < -0.39 is 16.3 Å². The molecule has 2 aromatic carbocycles. The largest absolute Gasteiger partial charge is 0.458 e. The first-order valence-electron chi connectivity index (χ1n) is 11.2. The minimum Gasteiger partial charge on any atom is -0.458 e. The van der Waals surface area contributed by atoms with Crippen LogP contribution in [-0.4, -0.2) is 55.7 Å². The second-order valence-corrected chi connectivity index (χ2v) is 10.9. The van der Waals surface area contributed by atoms with Crippen molar-refractivity contribution >= 4 is 39.1 Å². The van der Waals surface area contributed by atoms with Gasteiger partial charge in [-0.15, -0.1) is 0 Å². The SMILES string of the molecule is Cc1ccc(S(=O)(=O)O)c(N2C=C(c3cccc(Cl)c3)OC2C(=O)N[C@H]2CN3CCC2CC3)c1. The number of ether oxygens (including phenoxy) is 1. The number of aryl methyl sites for hydroxylation is 1. The van der Waals surface area contributed by atoms with E-state index in [2.05, 4.69) is 10.2 Å². The molecule has 4 aliphatic rings. The second-order valence-electron chi connectivity index (χ2n) is 9.08. The zero-order valence-electron chi connectivity index (χ0n) is 18.6. The van der Waals surface area contributed by atoms with E-state index in [1.54, 1.807) is 49.5 Å². The van der Waals surface area contributed by atoms with Crippen LogP contribution in [0.1, 0.15) is 24.0 Å². The molecular weight excluding hydrogens is 478 g/mol. The van der Waals surface area contributed by atoms with Crippen LogP contribution in [0, 0.1) is 12.8 Å². The highest BCUT2D eigenvalue weighted by Crippen LogP contribution is 2.36. The smallest absolute Gasteiger partial charge is 0.296 e. The first kappa shape index (κ1) is 23.2. The third-order valence-electron chi connectivity index (χ3n) is 6.74. The van der Waals surface area contributed by atoms with E-state index in [4.69, 9.17) is 16.3 Å². The van der Waals surface area contributed by atoms with Crippen molar-refractivity contribution < 1.29 is 22.5 Å². The molecule has 1 amide bonds. The number of rotatable bonds is 5. The third kappa shape index (κ3) is 4.53. The number of anilines is 1. The molecule has 0 aromatic heterocycles. The zero-order valence-corrected chi connectivity index (χ0v) is 20.2. The molecule has 4 aliphatic heterocycles. The van der Waals surface area contributed by atoms with Crippen LogP contribution in [0.4, 0.5) is 5.69 Å². The molecule has 2 aromatic rings. The summed E-state index contributed by atoms with van der Waals surface area (Å²) in [6.45, 7) is 4.69. The Morgan fingerprint density at radius 1 is 1.18 bits per heavy atom. The van der Waals surface area contributed by atoms with Crippen LogP contribution in [0.3, 0.4) is 0 Å². The molecule has 0 aliphatic carbocycles. The maximum absolute atomic E-state index is 13.5. The van der Waals surface area contributed by atoms with E-state index in [1.165, 1.54) is 11.0 Å². The predicted molar refractivity (Wildman–Crippen MR) is 129 cm³/mol. The fourth-order valence-corrected chi connectivity index (χ4v) is 5.85. The molecule has 8 nitrogen and oxygen atoms in total. The maximum atomic E-state index is 13.5. The van der Waals surface area contributed by atoms with Crippen LogP contribution in [0.25, 0.3) is 5.76 Å². The lowest BCUT2D eigenvalue weighted by Crippen LogP contribution is -2.59. The maximum Gasteiger partial charge on any atom is 0.296 e. The van der Waals surface area contributed by atoms with Gasteiger partial charge in [0.15, 0.2) is 0 Å². The van der Waals surface area contributed by atoms with Gasteiger partial charge in [0.25, 0.3) is 22.3 Å². The van der Waals surface area contributed by atoms with Gasteiger partial charge in [0, 0.05) is 23.2 Å². The molecule has 0 radical (unpaired) electrons. The quantitative estimate of drug-likeness (QED) is 0.604. The lowest BCUT2D eigenvalue weighted by molar-refractivity contribution is -0.130. The van der Waals surface area contributed by atoms with Gasteiger partial charge in [-0.3, -0.25) is 14.2 Å². The van der Waals surface area contributed by atoms with Crippen molar-refractivity contribution in [1.82, 2.24) is 10.2 Å². The summed E-state index contributed by atoms with van der Waals surface area (Å²) >= 11 is 6.15. The Morgan fingerprint density at radius 2 is 1.94 bits per heavy atom. The number of benzene rings is 2. The molecule has 34 heavy (non-hydrogen) atoms. The van der Waals surface area contributed by atoms with Gasteiger partial charge in [-0.25, -0.2) is 0 Å². The lowest BCUT2D eigenvalue weighted by Gasteiger charge is -2.45. The molecule has 0 spiro atoms. The van der Waals surface area contributed by atoms with Crippen LogP contribution in [0.15, 0.2) is 53.6 Å². The van der Waals surface area contributed by atoms with Crippen LogP contribution in [0.2, 0.25) is 5.02 Å². The average Bonchev–Trinajstić information content (AvgIpc) is 3.25. The Hall–Kier alpha value is -2.59. The summed E-state index contributed by atoms with van der Waals surface area (Å²) in [5, 5.41) is 3.63. The van der Waals surface area contributed by atoms with Crippen molar-refractivity contribution in [2.45, 2.75) is 36.9 Å². The second kappa shape index (κ2) is 8.88. The van der Waals surface area contributed by atoms with E-state index >= 15 is 0 Å². The molecule has 1 unspecified atom stereocenters. The molecule has 6 rings (SSSR count). The number of carbonyl (C=O) groups is 1. The van der Waals surface area contributed by atoms with Crippen molar-refractivity contribution in [3.8, 4) is 0 Å². The number of nitrogens with one attached hydrogen (secondary N) is 1. The Labute approximate surface area is 203 Å². The normalized spacial score (nSPS) is 26.2. The first-order valence-corrected chi connectivity index (χ1v) is 13.0. The number of carbonyl (C=O) groups excluding carboxylic acids is 1. The van der Waals surface area contributed by atoms with Crippen LogP contribution >= 0.6 is 11.6 Å². The van der Waals surface area contributed by atoms with Gasteiger partial charge in [-0.1, -0.05) is 29.8 Å². The van der Waals surface area contributed by atoms with Crippen LogP contribution in [0.5, 0.6) is 0 Å². The Kier molecular flexibility index (Phi) is 6.05. The van der Waals surface area contributed by atoms with Crippen molar-refractivity contribution in [2.24, 2.45) is 5.92 Å². The Morgan fingerprint density at radius 3 is 2.59 bits per heavy atom. The molecule has 2 N–H and O–H groups in total.